The Kier molecular flexibility index (Phi) is 3.75. The molecule has 0 unspecified atom stereocenters. The third-order valence-electron chi connectivity index (χ3n) is 4.25. The maximum absolute atomic E-state index is 14.2. The van der Waals surface area contributed by atoms with Gasteiger partial charge in [-0.15, -0.1) is 0 Å². The number of rotatable bonds is 2. The first-order chi connectivity index (χ1) is 11.2. The lowest BCUT2D eigenvalue weighted by atomic mass is 9.77. The van der Waals surface area contributed by atoms with Crippen LogP contribution in [0, 0.1) is 6.92 Å². The molecule has 0 aromatic heterocycles. The van der Waals surface area contributed by atoms with Crippen LogP contribution in [0.25, 0.3) is 11.1 Å². The van der Waals surface area contributed by atoms with Crippen molar-refractivity contribution in [2.75, 3.05) is 6.61 Å². The van der Waals surface area contributed by atoms with Gasteiger partial charge in [-0.05, 0) is 35.2 Å². The van der Waals surface area contributed by atoms with Gasteiger partial charge in [0.05, 0.1) is 0 Å². The van der Waals surface area contributed by atoms with E-state index in [2.05, 4.69) is 4.74 Å². The molecule has 3 rings (SSSR count). The minimum absolute atomic E-state index is 0.0544. The van der Waals surface area contributed by atoms with Crippen molar-refractivity contribution < 1.29 is 27.8 Å². The normalized spacial score (nSPS) is 18.9. The zero-order chi connectivity index (χ0) is 17.7. The van der Waals surface area contributed by atoms with E-state index in [4.69, 9.17) is 16.7 Å². The van der Waals surface area contributed by atoms with Gasteiger partial charge in [-0.1, -0.05) is 41.9 Å². The zero-order valence-electron chi connectivity index (χ0n) is 12.4. The Morgan fingerprint density at radius 2 is 1.92 bits per heavy atom. The average Bonchev–Trinajstić information content (AvgIpc) is 2.75. The molecule has 1 N–H and O–H groups in total. The van der Waals surface area contributed by atoms with Crippen molar-refractivity contribution >= 4 is 17.8 Å². The summed E-state index contributed by atoms with van der Waals surface area (Å²) >= 11 is 6.22. The van der Waals surface area contributed by atoms with E-state index in [0.717, 1.165) is 0 Å². The van der Waals surface area contributed by atoms with E-state index in [0.29, 0.717) is 11.1 Å². The second-order valence-electron chi connectivity index (χ2n) is 5.67. The second-order valence-corrected chi connectivity index (χ2v) is 6.08. The van der Waals surface area contributed by atoms with Crippen molar-refractivity contribution in [1.29, 1.82) is 0 Å². The summed E-state index contributed by atoms with van der Waals surface area (Å²) in [4.78, 5) is 10.8. The Morgan fingerprint density at radius 3 is 2.54 bits per heavy atom. The second kappa shape index (κ2) is 5.41. The first kappa shape index (κ1) is 16.6. The third-order valence-corrected chi connectivity index (χ3v) is 4.54. The van der Waals surface area contributed by atoms with Crippen LogP contribution < -0.4 is 0 Å². The van der Waals surface area contributed by atoms with Gasteiger partial charge < -0.3 is 9.84 Å². The van der Waals surface area contributed by atoms with Gasteiger partial charge in [0.1, 0.15) is 6.61 Å². The highest BCUT2D eigenvalue weighted by Gasteiger charge is 2.62. The lowest BCUT2D eigenvalue weighted by Gasteiger charge is -2.33. The molecule has 2 aromatic rings. The number of carboxylic acid groups (broad SMARTS) is 1. The molecule has 0 heterocycles. The molecule has 0 bridgehead atoms. The van der Waals surface area contributed by atoms with E-state index >= 15 is 0 Å². The predicted octanol–water partition coefficient (Wildman–Crippen LogP) is 5.17. The van der Waals surface area contributed by atoms with Crippen LogP contribution in [0.4, 0.5) is 18.0 Å². The van der Waals surface area contributed by atoms with E-state index < -0.39 is 24.4 Å². The molecule has 0 amide bonds. The highest BCUT2D eigenvalue weighted by atomic mass is 35.5. The number of alkyl halides is 3. The smallest absolute Gasteiger partial charge is 0.450 e. The van der Waals surface area contributed by atoms with Crippen molar-refractivity contribution in [1.82, 2.24) is 0 Å². The first-order valence-corrected chi connectivity index (χ1v) is 7.39. The molecule has 0 saturated heterocycles. The summed E-state index contributed by atoms with van der Waals surface area (Å²) in [5.74, 6) is 0. The number of benzene rings is 2. The van der Waals surface area contributed by atoms with Gasteiger partial charge in [-0.3, -0.25) is 0 Å². The lowest BCUT2D eigenvalue weighted by molar-refractivity contribution is -0.187. The summed E-state index contributed by atoms with van der Waals surface area (Å²) in [6.45, 7) is 0.573. The summed E-state index contributed by atoms with van der Waals surface area (Å²) in [7, 11) is 0. The molecule has 7 heteroatoms. The van der Waals surface area contributed by atoms with E-state index in [9.17, 15) is 18.0 Å². The standard InChI is InChI=1S/C17H12ClF3O3/c1-9-6-12-14(13(18)7-9)10-4-2-3-5-11(10)16(12,17(19,20)21)8-24-15(22)23/h2-7H,8H2,1H3,(H,22,23)/t16-/m0/s1. The molecule has 0 saturated carbocycles. The summed E-state index contributed by atoms with van der Waals surface area (Å²) in [6, 6.07) is 8.95. The predicted molar refractivity (Wildman–Crippen MR) is 82.4 cm³/mol. The molecular weight excluding hydrogens is 345 g/mol. The van der Waals surface area contributed by atoms with Crippen molar-refractivity contribution in [3.8, 4) is 11.1 Å². The molecule has 0 fully saturated rings. The summed E-state index contributed by atoms with van der Waals surface area (Å²) in [5.41, 5.74) is -1.56. The van der Waals surface area contributed by atoms with Gasteiger partial charge in [0, 0.05) is 10.6 Å². The fraction of sp³-hybridized carbons (Fsp3) is 0.235. The molecule has 1 atom stereocenters. The fourth-order valence-electron chi connectivity index (χ4n) is 3.28. The van der Waals surface area contributed by atoms with E-state index in [1.165, 1.54) is 18.2 Å². The summed E-state index contributed by atoms with van der Waals surface area (Å²) in [5, 5.41) is 8.94. The Balaban J connectivity index is 2.39. The van der Waals surface area contributed by atoms with E-state index in [1.54, 1.807) is 25.1 Å². The largest absolute Gasteiger partial charge is 0.505 e. The van der Waals surface area contributed by atoms with Crippen LogP contribution in [0.5, 0.6) is 0 Å². The fourth-order valence-corrected chi connectivity index (χ4v) is 3.66. The molecule has 2 aromatic carbocycles. The minimum atomic E-state index is -4.76. The molecule has 1 aliphatic carbocycles. The third kappa shape index (κ3) is 2.24. The SMILES string of the molecule is Cc1cc(Cl)c2c(c1)[C@@](COC(=O)O)(C(F)(F)F)c1ccccc1-2. The van der Waals surface area contributed by atoms with Gasteiger partial charge >= 0.3 is 12.3 Å². The molecule has 0 spiro atoms. The Hall–Kier alpha value is -2.21. The van der Waals surface area contributed by atoms with Crippen LogP contribution in [0.3, 0.4) is 0 Å². The molecule has 24 heavy (non-hydrogen) atoms. The Morgan fingerprint density at radius 1 is 1.25 bits per heavy atom. The van der Waals surface area contributed by atoms with Gasteiger partial charge in [0.15, 0.2) is 5.41 Å². The topological polar surface area (TPSA) is 46.5 Å². The molecule has 126 valence electrons. The maximum Gasteiger partial charge on any atom is 0.505 e. The average molecular weight is 357 g/mol. The van der Waals surface area contributed by atoms with Crippen LogP contribution in [-0.4, -0.2) is 24.0 Å². The first-order valence-electron chi connectivity index (χ1n) is 7.01. The molecular formula is C17H12ClF3O3. The monoisotopic (exact) mass is 356 g/mol. The van der Waals surface area contributed by atoms with Gasteiger partial charge in [-0.25, -0.2) is 4.79 Å². The highest BCUT2D eigenvalue weighted by Crippen LogP contribution is 2.58. The molecule has 3 nitrogen and oxygen atoms in total. The number of ether oxygens (including phenoxy) is 1. The van der Waals surface area contributed by atoms with Crippen molar-refractivity contribution in [2.45, 2.75) is 18.5 Å². The Labute approximate surface area is 140 Å². The van der Waals surface area contributed by atoms with Crippen molar-refractivity contribution in [3.63, 3.8) is 0 Å². The van der Waals surface area contributed by atoms with Crippen LogP contribution >= 0.6 is 11.6 Å². The number of carbonyl (C=O) groups is 1. The van der Waals surface area contributed by atoms with Gasteiger partial charge in [-0.2, -0.15) is 13.2 Å². The number of hydrogen-bond acceptors (Lipinski definition) is 2. The quantitative estimate of drug-likeness (QED) is 0.755. The minimum Gasteiger partial charge on any atom is -0.450 e. The Bertz CT molecular complexity index is 832. The zero-order valence-corrected chi connectivity index (χ0v) is 13.2. The number of halogens is 4. The van der Waals surface area contributed by atoms with Gasteiger partial charge in [0.2, 0.25) is 0 Å². The number of aryl methyl sites for hydroxylation is 1. The van der Waals surface area contributed by atoms with E-state index in [-0.39, 0.29) is 21.7 Å². The van der Waals surface area contributed by atoms with Crippen molar-refractivity contribution in [3.05, 3.63) is 58.1 Å². The lowest BCUT2D eigenvalue weighted by Crippen LogP contribution is -2.46. The van der Waals surface area contributed by atoms with Crippen LogP contribution in [0.2, 0.25) is 5.02 Å². The van der Waals surface area contributed by atoms with E-state index in [1.807, 2.05) is 0 Å². The number of fused-ring (bicyclic) bond motifs is 3. The maximum atomic E-state index is 14.2. The number of hydrogen-bond donors (Lipinski definition) is 1. The molecule has 0 radical (unpaired) electrons. The molecule has 1 aliphatic rings. The summed E-state index contributed by atoms with van der Waals surface area (Å²) in [6.07, 6.45) is -6.52. The van der Waals surface area contributed by atoms with Crippen LogP contribution in [0.1, 0.15) is 16.7 Å². The van der Waals surface area contributed by atoms with Gasteiger partial charge in [0.25, 0.3) is 0 Å². The van der Waals surface area contributed by atoms with Crippen molar-refractivity contribution in [2.24, 2.45) is 0 Å². The highest BCUT2D eigenvalue weighted by molar-refractivity contribution is 6.34. The van der Waals surface area contributed by atoms with Crippen LogP contribution in [-0.2, 0) is 10.2 Å². The molecule has 0 aliphatic heterocycles. The summed E-state index contributed by atoms with van der Waals surface area (Å²) < 4.78 is 46.9. The van der Waals surface area contributed by atoms with Crippen LogP contribution in [0.15, 0.2) is 36.4 Å².